The Morgan fingerprint density at radius 1 is 0.321 bits per heavy atom. The van der Waals surface area contributed by atoms with Gasteiger partial charge in [0.05, 0.1) is 5.41 Å². The number of aromatic nitrogens is 3. The van der Waals surface area contributed by atoms with Crippen LogP contribution in [0.3, 0.4) is 0 Å². The van der Waals surface area contributed by atoms with Gasteiger partial charge in [0.15, 0.2) is 17.5 Å². The SMILES string of the molecule is c1ccc(-c2ccc(-c3nc(-c4ccc5c(c4)-c4ccccc4C5(c4ccccc4)c4ccccc4)nc(-c4ccc5c(c4)oc4ccccc45)n3)cc2)cc1. The second kappa shape index (κ2) is 12.9. The summed E-state index contributed by atoms with van der Waals surface area (Å²) in [6.45, 7) is 0. The van der Waals surface area contributed by atoms with Crippen LogP contribution in [0.5, 0.6) is 0 Å². The summed E-state index contributed by atoms with van der Waals surface area (Å²) in [5.74, 6) is 1.81. The molecule has 0 bridgehead atoms. The lowest BCUT2D eigenvalue weighted by Gasteiger charge is -2.33. The molecule has 0 radical (unpaired) electrons. The van der Waals surface area contributed by atoms with E-state index in [1.807, 2.05) is 30.3 Å². The maximum Gasteiger partial charge on any atom is 0.164 e. The second-order valence-electron chi connectivity index (χ2n) is 14.3. The highest BCUT2D eigenvalue weighted by Crippen LogP contribution is 2.56. The Hall–Kier alpha value is -7.43. The van der Waals surface area contributed by atoms with Crippen molar-refractivity contribution < 1.29 is 4.42 Å². The van der Waals surface area contributed by atoms with E-state index >= 15 is 0 Å². The minimum absolute atomic E-state index is 0.481. The predicted molar refractivity (Wildman–Crippen MR) is 226 cm³/mol. The van der Waals surface area contributed by atoms with Crippen molar-refractivity contribution in [2.75, 3.05) is 0 Å². The van der Waals surface area contributed by atoms with E-state index in [9.17, 15) is 0 Å². The van der Waals surface area contributed by atoms with Crippen LogP contribution in [0.15, 0.2) is 205 Å². The Kier molecular flexibility index (Phi) is 7.36. The van der Waals surface area contributed by atoms with Crippen molar-refractivity contribution >= 4 is 21.9 Å². The largest absolute Gasteiger partial charge is 0.456 e. The summed E-state index contributed by atoms with van der Waals surface area (Å²) in [6, 6.07) is 70.5. The number of rotatable bonds is 6. The van der Waals surface area contributed by atoms with Gasteiger partial charge in [-0.15, -0.1) is 0 Å². The molecular formula is C52H33N3O. The molecule has 0 fully saturated rings. The Morgan fingerprint density at radius 2 is 0.804 bits per heavy atom. The van der Waals surface area contributed by atoms with Crippen molar-refractivity contribution in [2.45, 2.75) is 5.41 Å². The Labute approximate surface area is 324 Å². The molecule has 0 saturated heterocycles. The highest BCUT2D eigenvalue weighted by Gasteiger charge is 2.46. The number of nitrogens with zero attached hydrogens (tertiary/aromatic N) is 3. The zero-order valence-electron chi connectivity index (χ0n) is 30.3. The number of hydrogen-bond acceptors (Lipinski definition) is 4. The van der Waals surface area contributed by atoms with Crippen LogP contribution in [0.1, 0.15) is 22.3 Å². The van der Waals surface area contributed by atoms with Crippen LogP contribution in [0.25, 0.3) is 78.4 Å². The Morgan fingerprint density at radius 3 is 1.52 bits per heavy atom. The van der Waals surface area contributed by atoms with Gasteiger partial charge in [-0.2, -0.15) is 0 Å². The van der Waals surface area contributed by atoms with Crippen molar-refractivity contribution in [3.8, 4) is 56.4 Å². The van der Waals surface area contributed by atoms with Gasteiger partial charge in [0.2, 0.25) is 0 Å². The molecule has 0 aliphatic heterocycles. The molecule has 0 N–H and O–H groups in total. The molecule has 8 aromatic carbocycles. The van der Waals surface area contributed by atoms with Crippen LogP contribution >= 0.6 is 0 Å². The lowest BCUT2D eigenvalue weighted by atomic mass is 9.67. The molecule has 0 amide bonds. The number of fused-ring (bicyclic) bond motifs is 6. The minimum Gasteiger partial charge on any atom is -0.456 e. The Balaban J connectivity index is 1.10. The first-order chi connectivity index (χ1) is 27.7. The molecule has 1 aliphatic rings. The molecule has 262 valence electrons. The third kappa shape index (κ3) is 5.04. The molecule has 1 aliphatic carbocycles. The fraction of sp³-hybridized carbons (Fsp3) is 0.0192. The fourth-order valence-corrected chi connectivity index (χ4v) is 8.66. The van der Waals surface area contributed by atoms with Gasteiger partial charge < -0.3 is 4.42 Å². The van der Waals surface area contributed by atoms with Crippen molar-refractivity contribution in [3.63, 3.8) is 0 Å². The molecule has 10 aromatic rings. The first kappa shape index (κ1) is 32.0. The van der Waals surface area contributed by atoms with Gasteiger partial charge in [0.25, 0.3) is 0 Å². The number of benzene rings is 8. The first-order valence-corrected chi connectivity index (χ1v) is 18.9. The van der Waals surface area contributed by atoms with Gasteiger partial charge in [-0.3, -0.25) is 0 Å². The van der Waals surface area contributed by atoms with Crippen LogP contribution in [0, 0.1) is 0 Å². The smallest absolute Gasteiger partial charge is 0.164 e. The summed E-state index contributed by atoms with van der Waals surface area (Å²) < 4.78 is 6.30. The molecular weight excluding hydrogens is 683 g/mol. The first-order valence-electron chi connectivity index (χ1n) is 18.9. The molecule has 4 nitrogen and oxygen atoms in total. The third-order valence-electron chi connectivity index (χ3n) is 11.2. The highest BCUT2D eigenvalue weighted by molar-refractivity contribution is 6.05. The molecule has 0 unspecified atom stereocenters. The lowest BCUT2D eigenvalue weighted by Crippen LogP contribution is -2.28. The van der Waals surface area contributed by atoms with Crippen molar-refractivity contribution in [1.29, 1.82) is 0 Å². The zero-order valence-corrected chi connectivity index (χ0v) is 30.3. The van der Waals surface area contributed by atoms with Gasteiger partial charge in [-0.25, -0.2) is 15.0 Å². The van der Waals surface area contributed by atoms with E-state index in [1.54, 1.807) is 0 Å². The molecule has 2 aromatic heterocycles. The van der Waals surface area contributed by atoms with Crippen LogP contribution in [0.4, 0.5) is 0 Å². The molecule has 0 atom stereocenters. The molecule has 2 heterocycles. The second-order valence-corrected chi connectivity index (χ2v) is 14.3. The average molecular weight is 716 g/mol. The van der Waals surface area contributed by atoms with Gasteiger partial charge in [0.1, 0.15) is 11.2 Å². The van der Waals surface area contributed by atoms with Crippen LogP contribution < -0.4 is 0 Å². The minimum atomic E-state index is -0.481. The average Bonchev–Trinajstić information content (AvgIpc) is 3.80. The molecule has 4 heteroatoms. The molecule has 11 rings (SSSR count). The van der Waals surface area contributed by atoms with Crippen molar-refractivity contribution in [2.24, 2.45) is 0 Å². The van der Waals surface area contributed by atoms with Gasteiger partial charge in [-0.05, 0) is 68.8 Å². The van der Waals surface area contributed by atoms with E-state index in [4.69, 9.17) is 19.4 Å². The van der Waals surface area contributed by atoms with E-state index in [2.05, 4.69) is 170 Å². The topological polar surface area (TPSA) is 51.8 Å². The fourth-order valence-electron chi connectivity index (χ4n) is 8.66. The quantitative estimate of drug-likeness (QED) is 0.172. The number of para-hydroxylation sites is 1. The molecule has 0 spiro atoms. The van der Waals surface area contributed by atoms with Gasteiger partial charge >= 0.3 is 0 Å². The van der Waals surface area contributed by atoms with Crippen LogP contribution in [0.2, 0.25) is 0 Å². The van der Waals surface area contributed by atoms with E-state index in [-0.39, 0.29) is 0 Å². The van der Waals surface area contributed by atoms with E-state index < -0.39 is 5.41 Å². The van der Waals surface area contributed by atoms with Crippen LogP contribution in [-0.2, 0) is 5.41 Å². The van der Waals surface area contributed by atoms with Crippen molar-refractivity contribution in [3.05, 3.63) is 222 Å². The Bertz CT molecular complexity index is 3020. The lowest BCUT2D eigenvalue weighted by molar-refractivity contribution is 0.669. The van der Waals surface area contributed by atoms with Crippen LogP contribution in [-0.4, -0.2) is 15.0 Å². The monoisotopic (exact) mass is 715 g/mol. The highest BCUT2D eigenvalue weighted by atomic mass is 16.3. The predicted octanol–water partition coefficient (Wildman–Crippen LogP) is 12.8. The van der Waals surface area contributed by atoms with Gasteiger partial charge in [0, 0.05) is 27.5 Å². The van der Waals surface area contributed by atoms with Crippen molar-refractivity contribution in [1.82, 2.24) is 15.0 Å². The maximum atomic E-state index is 6.30. The summed E-state index contributed by atoms with van der Waals surface area (Å²) in [5, 5.41) is 2.15. The number of furan rings is 1. The summed E-state index contributed by atoms with van der Waals surface area (Å²) in [4.78, 5) is 15.5. The summed E-state index contributed by atoms with van der Waals surface area (Å²) in [5.41, 5.74) is 13.5. The number of hydrogen-bond donors (Lipinski definition) is 0. The maximum absolute atomic E-state index is 6.30. The summed E-state index contributed by atoms with van der Waals surface area (Å²) in [7, 11) is 0. The summed E-state index contributed by atoms with van der Waals surface area (Å²) in [6.07, 6.45) is 0. The molecule has 0 saturated carbocycles. The van der Waals surface area contributed by atoms with E-state index in [1.165, 1.54) is 33.4 Å². The van der Waals surface area contributed by atoms with E-state index in [0.29, 0.717) is 17.5 Å². The van der Waals surface area contributed by atoms with Gasteiger partial charge in [-0.1, -0.05) is 176 Å². The van der Waals surface area contributed by atoms with E-state index in [0.717, 1.165) is 49.8 Å². The normalized spacial score (nSPS) is 12.8. The molecule has 56 heavy (non-hydrogen) atoms. The third-order valence-corrected chi connectivity index (χ3v) is 11.2. The standard InChI is InChI=1S/C52H33N3O/c1-4-14-34(15-5-1)35-24-26-36(27-25-35)49-53-50(55-51(54-49)38-28-30-43-42-21-11-13-23-47(42)56-48(43)33-38)37-29-31-46-44(32-37)41-20-10-12-22-45(41)52(46,39-16-6-2-7-17-39)40-18-8-3-9-19-40/h1-33H. The summed E-state index contributed by atoms with van der Waals surface area (Å²) >= 11 is 0. The zero-order chi connectivity index (χ0) is 37.1.